The van der Waals surface area contributed by atoms with E-state index in [1.54, 1.807) is 19.2 Å². The van der Waals surface area contributed by atoms with Gasteiger partial charge in [0.25, 0.3) is 0 Å². The normalized spacial score (nSPS) is 10.4. The molecule has 0 saturated heterocycles. The van der Waals surface area contributed by atoms with Crippen molar-refractivity contribution in [2.75, 3.05) is 17.7 Å². The molecule has 150 valence electrons. The van der Waals surface area contributed by atoms with Crippen LogP contribution in [0.4, 0.5) is 16.2 Å². The topological polar surface area (TPSA) is 89.3 Å². The summed E-state index contributed by atoms with van der Waals surface area (Å²) < 4.78 is 10.5. The first-order valence-electron chi connectivity index (χ1n) is 9.38. The van der Waals surface area contributed by atoms with Crippen LogP contribution >= 0.6 is 0 Å². The van der Waals surface area contributed by atoms with Crippen molar-refractivity contribution in [2.24, 2.45) is 0 Å². The molecule has 3 aromatic carbocycles. The third-order valence-electron chi connectivity index (χ3n) is 4.42. The van der Waals surface area contributed by atoms with E-state index in [1.165, 1.54) is 0 Å². The highest BCUT2D eigenvalue weighted by Crippen LogP contribution is 2.20. The molecular formula is C23H20N4O3. The van der Waals surface area contributed by atoms with Gasteiger partial charge in [0.1, 0.15) is 5.75 Å². The number of rotatable bonds is 6. The van der Waals surface area contributed by atoms with Crippen LogP contribution < -0.4 is 15.4 Å². The first-order valence-corrected chi connectivity index (χ1v) is 9.38. The van der Waals surface area contributed by atoms with E-state index in [0.29, 0.717) is 23.8 Å². The number of anilines is 2. The Labute approximate surface area is 173 Å². The smallest absolute Gasteiger partial charge is 0.323 e. The van der Waals surface area contributed by atoms with Crippen molar-refractivity contribution in [3.63, 3.8) is 0 Å². The molecule has 0 aliphatic heterocycles. The Morgan fingerprint density at radius 1 is 0.900 bits per heavy atom. The van der Waals surface area contributed by atoms with Gasteiger partial charge >= 0.3 is 6.03 Å². The van der Waals surface area contributed by atoms with Crippen molar-refractivity contribution in [1.29, 1.82) is 0 Å². The summed E-state index contributed by atoms with van der Waals surface area (Å²) in [5.74, 6) is 1.83. The maximum atomic E-state index is 12.1. The van der Waals surface area contributed by atoms with Gasteiger partial charge in [-0.2, -0.15) is 4.98 Å². The Morgan fingerprint density at radius 3 is 2.23 bits per heavy atom. The highest BCUT2D eigenvalue weighted by Gasteiger charge is 2.10. The van der Waals surface area contributed by atoms with Crippen LogP contribution in [0.2, 0.25) is 0 Å². The molecule has 0 bridgehead atoms. The molecule has 4 aromatic rings. The van der Waals surface area contributed by atoms with Crippen molar-refractivity contribution >= 4 is 17.4 Å². The number of aromatic nitrogens is 2. The summed E-state index contributed by atoms with van der Waals surface area (Å²) in [6.45, 7) is 0. The summed E-state index contributed by atoms with van der Waals surface area (Å²) in [7, 11) is 1.63. The zero-order valence-corrected chi connectivity index (χ0v) is 16.3. The lowest BCUT2D eigenvalue weighted by Gasteiger charge is -2.07. The SMILES string of the molecule is COc1ccc(Cc2nc(-c3ccc(NC(=O)Nc4ccccc4)cc3)no2)cc1. The zero-order chi connectivity index (χ0) is 20.8. The van der Waals surface area contributed by atoms with Gasteiger partial charge in [0.05, 0.1) is 13.5 Å². The minimum absolute atomic E-state index is 0.310. The fourth-order valence-corrected chi connectivity index (χ4v) is 2.88. The molecule has 30 heavy (non-hydrogen) atoms. The van der Waals surface area contributed by atoms with E-state index in [0.717, 1.165) is 22.6 Å². The molecule has 0 spiro atoms. The largest absolute Gasteiger partial charge is 0.497 e. The Bertz CT molecular complexity index is 1110. The minimum Gasteiger partial charge on any atom is -0.497 e. The van der Waals surface area contributed by atoms with E-state index in [1.807, 2.05) is 66.7 Å². The molecule has 2 N–H and O–H groups in total. The lowest BCUT2D eigenvalue weighted by molar-refractivity contribution is 0.262. The Kier molecular flexibility index (Phi) is 5.70. The fourth-order valence-electron chi connectivity index (χ4n) is 2.88. The maximum Gasteiger partial charge on any atom is 0.323 e. The number of methoxy groups -OCH3 is 1. The number of urea groups is 1. The maximum absolute atomic E-state index is 12.1. The molecule has 2 amide bonds. The average Bonchev–Trinajstić information content (AvgIpc) is 3.24. The zero-order valence-electron chi connectivity index (χ0n) is 16.3. The molecule has 0 radical (unpaired) electrons. The van der Waals surface area contributed by atoms with Gasteiger partial charge in [-0.1, -0.05) is 35.5 Å². The first-order chi connectivity index (χ1) is 14.7. The molecular weight excluding hydrogens is 380 g/mol. The van der Waals surface area contributed by atoms with Crippen LogP contribution in [-0.2, 0) is 6.42 Å². The molecule has 0 saturated carbocycles. The number of hydrogen-bond acceptors (Lipinski definition) is 5. The molecule has 7 heteroatoms. The van der Waals surface area contributed by atoms with Gasteiger partial charge in [0, 0.05) is 16.9 Å². The van der Waals surface area contributed by atoms with Crippen LogP contribution in [0.25, 0.3) is 11.4 Å². The second-order valence-electron chi connectivity index (χ2n) is 6.56. The third-order valence-corrected chi connectivity index (χ3v) is 4.42. The van der Waals surface area contributed by atoms with Crippen LogP contribution in [-0.4, -0.2) is 23.3 Å². The number of ether oxygens (including phenoxy) is 1. The molecule has 7 nitrogen and oxygen atoms in total. The third kappa shape index (κ3) is 4.82. The molecule has 0 unspecified atom stereocenters. The lowest BCUT2D eigenvalue weighted by Crippen LogP contribution is -2.19. The summed E-state index contributed by atoms with van der Waals surface area (Å²) >= 11 is 0. The lowest BCUT2D eigenvalue weighted by atomic mass is 10.1. The Balaban J connectivity index is 1.37. The average molecular weight is 400 g/mol. The predicted octanol–water partition coefficient (Wildman–Crippen LogP) is 4.98. The van der Waals surface area contributed by atoms with Crippen molar-refractivity contribution in [1.82, 2.24) is 10.1 Å². The summed E-state index contributed by atoms with van der Waals surface area (Å²) in [5.41, 5.74) is 3.24. The highest BCUT2D eigenvalue weighted by atomic mass is 16.5. The van der Waals surface area contributed by atoms with Gasteiger partial charge in [-0.05, 0) is 54.1 Å². The summed E-state index contributed by atoms with van der Waals surface area (Å²) in [4.78, 5) is 16.5. The molecule has 0 atom stereocenters. The van der Waals surface area contributed by atoms with E-state index in [9.17, 15) is 4.79 Å². The first kappa shape index (κ1) is 19.2. The van der Waals surface area contributed by atoms with Crippen molar-refractivity contribution in [2.45, 2.75) is 6.42 Å². The molecule has 0 fully saturated rings. The monoisotopic (exact) mass is 400 g/mol. The van der Waals surface area contributed by atoms with E-state index < -0.39 is 0 Å². The van der Waals surface area contributed by atoms with Gasteiger partial charge in [-0.3, -0.25) is 0 Å². The van der Waals surface area contributed by atoms with E-state index in [-0.39, 0.29) is 6.03 Å². The molecule has 0 aliphatic carbocycles. The van der Waals surface area contributed by atoms with E-state index in [2.05, 4.69) is 20.8 Å². The van der Waals surface area contributed by atoms with Crippen molar-refractivity contribution in [3.05, 3.63) is 90.3 Å². The van der Waals surface area contributed by atoms with Gasteiger partial charge < -0.3 is 19.9 Å². The number of hydrogen-bond donors (Lipinski definition) is 2. The van der Waals surface area contributed by atoms with Crippen LogP contribution in [0.15, 0.2) is 83.4 Å². The van der Waals surface area contributed by atoms with Crippen LogP contribution in [0.5, 0.6) is 5.75 Å². The molecule has 1 aromatic heterocycles. The number of para-hydroxylation sites is 1. The van der Waals surface area contributed by atoms with E-state index in [4.69, 9.17) is 9.26 Å². The number of amides is 2. The summed E-state index contributed by atoms with van der Waals surface area (Å²) in [5, 5.41) is 9.62. The Morgan fingerprint density at radius 2 is 1.57 bits per heavy atom. The van der Waals surface area contributed by atoms with Crippen LogP contribution in [0.3, 0.4) is 0 Å². The molecule has 0 aliphatic rings. The van der Waals surface area contributed by atoms with Gasteiger partial charge in [-0.25, -0.2) is 4.79 Å². The number of benzene rings is 3. The molecule has 4 rings (SSSR count). The van der Waals surface area contributed by atoms with Crippen LogP contribution in [0, 0.1) is 0 Å². The second-order valence-corrected chi connectivity index (χ2v) is 6.56. The number of carbonyl (C=O) groups is 1. The highest BCUT2D eigenvalue weighted by molar-refractivity contribution is 5.99. The quantitative estimate of drug-likeness (QED) is 0.476. The van der Waals surface area contributed by atoms with Crippen LogP contribution in [0.1, 0.15) is 11.5 Å². The number of carbonyl (C=O) groups excluding carboxylic acids is 1. The second kappa shape index (κ2) is 8.91. The minimum atomic E-state index is -0.310. The van der Waals surface area contributed by atoms with E-state index >= 15 is 0 Å². The van der Waals surface area contributed by atoms with Gasteiger partial charge in [0.15, 0.2) is 0 Å². The Hall–Kier alpha value is -4.13. The van der Waals surface area contributed by atoms with Crippen molar-refractivity contribution in [3.8, 4) is 17.1 Å². The van der Waals surface area contributed by atoms with Crippen molar-refractivity contribution < 1.29 is 14.1 Å². The predicted molar refractivity (Wildman–Crippen MR) is 115 cm³/mol. The number of nitrogens with one attached hydrogen (secondary N) is 2. The number of nitrogens with zero attached hydrogens (tertiary/aromatic N) is 2. The molecule has 1 heterocycles. The van der Waals surface area contributed by atoms with Gasteiger partial charge in [-0.15, -0.1) is 0 Å². The summed E-state index contributed by atoms with van der Waals surface area (Å²) in [6, 6.07) is 23.9. The standard InChI is InChI=1S/C23H20N4O3/c1-29-20-13-7-16(8-14-20)15-21-26-22(27-30-21)17-9-11-19(12-10-17)25-23(28)24-18-5-3-2-4-6-18/h2-14H,15H2,1H3,(H2,24,25,28). The van der Waals surface area contributed by atoms with Gasteiger partial charge in [0.2, 0.25) is 11.7 Å². The summed E-state index contributed by atoms with van der Waals surface area (Å²) in [6.07, 6.45) is 0.538. The fraction of sp³-hybridized carbons (Fsp3) is 0.0870.